The third-order valence-electron chi connectivity index (χ3n) is 3.85. The first kappa shape index (κ1) is 14.7. The first-order valence-electron chi connectivity index (χ1n) is 7.97. The molecular weight excluding hydrogens is 263 g/mol. The highest BCUT2D eigenvalue weighted by atomic mass is 14.1. The van der Waals surface area contributed by atoms with Gasteiger partial charge in [0.05, 0.1) is 0 Å². The van der Waals surface area contributed by atoms with E-state index >= 15 is 0 Å². The van der Waals surface area contributed by atoms with E-state index in [1.54, 1.807) is 0 Å². The van der Waals surface area contributed by atoms with Crippen molar-refractivity contribution in [3.05, 3.63) is 78.9 Å². The zero-order valence-electron chi connectivity index (χ0n) is 13.3. The van der Waals surface area contributed by atoms with Gasteiger partial charge in [0, 0.05) is 0 Å². The van der Waals surface area contributed by atoms with Crippen molar-refractivity contribution < 1.29 is 0 Å². The molecule has 1 heteroatoms. The van der Waals surface area contributed by atoms with Crippen molar-refractivity contribution in [1.29, 1.82) is 0 Å². The molecule has 0 heterocycles. The predicted molar refractivity (Wildman–Crippen MR) is 99.2 cm³/mol. The van der Waals surface area contributed by atoms with Crippen molar-refractivity contribution in [3.63, 3.8) is 0 Å². The Bertz CT molecular complexity index is 673. The second-order valence-electron chi connectivity index (χ2n) is 6.25. The van der Waals surface area contributed by atoms with Crippen LogP contribution in [-0.4, -0.2) is 7.28 Å². The Hall–Kier alpha value is -2.28. The average molecular weight is 284 g/mol. The topological polar surface area (TPSA) is 0 Å². The molecule has 0 nitrogen and oxygen atoms in total. The van der Waals surface area contributed by atoms with Crippen molar-refractivity contribution in [3.8, 4) is 22.3 Å². The molecular formula is C21H21B. The van der Waals surface area contributed by atoms with Crippen molar-refractivity contribution in [2.75, 3.05) is 0 Å². The smallest absolute Gasteiger partial charge is 0.0830 e. The van der Waals surface area contributed by atoms with Crippen LogP contribution in [0.25, 0.3) is 22.3 Å². The van der Waals surface area contributed by atoms with E-state index in [-0.39, 0.29) is 0 Å². The maximum atomic E-state index is 2.34. The molecule has 0 bridgehead atoms. The number of hydrogen-bond acceptors (Lipinski definition) is 0. The van der Waals surface area contributed by atoms with Gasteiger partial charge in [-0.05, 0) is 28.3 Å². The third kappa shape index (κ3) is 3.48. The van der Waals surface area contributed by atoms with Crippen LogP contribution >= 0.6 is 0 Å². The van der Waals surface area contributed by atoms with Gasteiger partial charge in [-0.3, -0.25) is 0 Å². The average Bonchev–Trinajstić information content (AvgIpc) is 2.55. The molecule has 0 saturated heterocycles. The molecule has 3 aromatic carbocycles. The number of hydrogen-bond donors (Lipinski definition) is 0. The van der Waals surface area contributed by atoms with Gasteiger partial charge in [0.1, 0.15) is 0 Å². The van der Waals surface area contributed by atoms with Gasteiger partial charge in [0.15, 0.2) is 7.28 Å². The van der Waals surface area contributed by atoms with Crippen LogP contribution < -0.4 is 5.46 Å². The number of benzene rings is 3. The summed E-state index contributed by atoms with van der Waals surface area (Å²) in [6, 6.07) is 28.3. The predicted octanol–water partition coefficient (Wildman–Crippen LogP) is 4.91. The molecule has 0 saturated carbocycles. The highest BCUT2D eigenvalue weighted by Crippen LogP contribution is 2.25. The van der Waals surface area contributed by atoms with Crippen LogP contribution in [0.5, 0.6) is 0 Å². The molecule has 3 aromatic rings. The molecule has 0 aliphatic heterocycles. The Balaban J connectivity index is 2.10. The molecule has 22 heavy (non-hydrogen) atoms. The number of rotatable bonds is 4. The van der Waals surface area contributed by atoms with E-state index in [1.807, 2.05) is 0 Å². The molecule has 108 valence electrons. The highest BCUT2D eigenvalue weighted by molar-refractivity contribution is 6.55. The molecule has 3 rings (SSSR count). The maximum absolute atomic E-state index is 2.34. The Morgan fingerprint density at radius 3 is 1.45 bits per heavy atom. The lowest BCUT2D eigenvalue weighted by atomic mass is 9.60. The zero-order chi connectivity index (χ0) is 15.4. The summed E-state index contributed by atoms with van der Waals surface area (Å²) in [5, 5.41) is 0. The van der Waals surface area contributed by atoms with Crippen LogP contribution in [-0.2, 0) is 0 Å². The SMILES string of the molecule is CC(C)Bc1cc(-c2ccccc2)cc(-c2ccccc2)c1. The molecule has 0 aliphatic rings. The second kappa shape index (κ2) is 6.66. The lowest BCUT2D eigenvalue weighted by Gasteiger charge is -2.11. The fraction of sp³-hybridized carbons (Fsp3) is 0.143. The largest absolute Gasteiger partial charge is 0.160 e. The summed E-state index contributed by atoms with van der Waals surface area (Å²) < 4.78 is 0. The summed E-state index contributed by atoms with van der Waals surface area (Å²) in [5.41, 5.74) is 6.58. The Morgan fingerprint density at radius 1 is 0.591 bits per heavy atom. The van der Waals surface area contributed by atoms with E-state index < -0.39 is 0 Å². The van der Waals surface area contributed by atoms with Gasteiger partial charge in [-0.1, -0.05) is 97.9 Å². The molecule has 0 aromatic heterocycles. The van der Waals surface area contributed by atoms with Crippen LogP contribution in [0.4, 0.5) is 0 Å². The summed E-state index contributed by atoms with van der Waals surface area (Å²) in [6.45, 7) is 4.55. The molecule has 0 fully saturated rings. The van der Waals surface area contributed by atoms with Gasteiger partial charge in [0.2, 0.25) is 0 Å². The van der Waals surface area contributed by atoms with Crippen molar-refractivity contribution >= 4 is 12.7 Å². The molecule has 0 N–H and O–H groups in total. The van der Waals surface area contributed by atoms with E-state index in [2.05, 4.69) is 92.7 Å². The van der Waals surface area contributed by atoms with E-state index in [0.29, 0.717) is 5.82 Å². The Morgan fingerprint density at radius 2 is 1.05 bits per heavy atom. The van der Waals surface area contributed by atoms with Crippen molar-refractivity contribution in [1.82, 2.24) is 0 Å². The second-order valence-corrected chi connectivity index (χ2v) is 6.25. The summed E-state index contributed by atoms with van der Waals surface area (Å²) in [4.78, 5) is 0. The Kier molecular flexibility index (Phi) is 4.43. The van der Waals surface area contributed by atoms with Gasteiger partial charge in [-0.2, -0.15) is 0 Å². The first-order chi connectivity index (χ1) is 10.7. The van der Waals surface area contributed by atoms with Crippen molar-refractivity contribution in [2.24, 2.45) is 0 Å². The minimum atomic E-state index is 0.662. The highest BCUT2D eigenvalue weighted by Gasteiger charge is 2.07. The third-order valence-corrected chi connectivity index (χ3v) is 3.85. The van der Waals surface area contributed by atoms with Gasteiger partial charge in [-0.25, -0.2) is 0 Å². The molecule has 0 atom stereocenters. The minimum Gasteiger partial charge on any atom is -0.0830 e. The van der Waals surface area contributed by atoms with E-state index in [1.165, 1.54) is 27.7 Å². The van der Waals surface area contributed by atoms with Gasteiger partial charge < -0.3 is 0 Å². The lowest BCUT2D eigenvalue weighted by molar-refractivity contribution is 1.07. The normalized spacial score (nSPS) is 10.7. The molecule has 0 amide bonds. The first-order valence-corrected chi connectivity index (χ1v) is 7.97. The fourth-order valence-electron chi connectivity index (χ4n) is 2.88. The molecule has 0 aliphatic carbocycles. The van der Waals surface area contributed by atoms with Crippen LogP contribution in [0.1, 0.15) is 13.8 Å². The summed E-state index contributed by atoms with van der Waals surface area (Å²) in [5.74, 6) is 0.662. The van der Waals surface area contributed by atoms with Gasteiger partial charge in [0.25, 0.3) is 0 Å². The summed E-state index contributed by atoms with van der Waals surface area (Å²) in [6.07, 6.45) is 0. The van der Waals surface area contributed by atoms with Gasteiger partial charge in [-0.15, -0.1) is 0 Å². The zero-order valence-corrected chi connectivity index (χ0v) is 13.3. The molecule has 0 spiro atoms. The van der Waals surface area contributed by atoms with E-state index in [0.717, 1.165) is 7.28 Å². The van der Waals surface area contributed by atoms with Crippen LogP contribution in [0.15, 0.2) is 78.9 Å². The van der Waals surface area contributed by atoms with Crippen LogP contribution in [0.2, 0.25) is 5.82 Å². The fourth-order valence-corrected chi connectivity index (χ4v) is 2.88. The monoisotopic (exact) mass is 284 g/mol. The summed E-state index contributed by atoms with van der Waals surface area (Å²) in [7, 11) is 1.11. The van der Waals surface area contributed by atoms with Crippen LogP contribution in [0, 0.1) is 0 Å². The minimum absolute atomic E-state index is 0.662. The van der Waals surface area contributed by atoms with Crippen molar-refractivity contribution in [2.45, 2.75) is 19.7 Å². The maximum Gasteiger partial charge on any atom is 0.160 e. The summed E-state index contributed by atoms with van der Waals surface area (Å²) >= 11 is 0. The lowest BCUT2D eigenvalue weighted by Crippen LogP contribution is -2.17. The quantitative estimate of drug-likeness (QED) is 0.597. The standard InChI is InChI=1S/C21H21B/c1-16(2)22-21-14-19(17-9-5-3-6-10-17)13-20(15-21)18-11-7-4-8-12-18/h3-16,22H,1-2H3. The van der Waals surface area contributed by atoms with E-state index in [4.69, 9.17) is 0 Å². The van der Waals surface area contributed by atoms with Gasteiger partial charge >= 0.3 is 0 Å². The Labute approximate surface area is 134 Å². The van der Waals surface area contributed by atoms with Crippen LogP contribution in [0.3, 0.4) is 0 Å². The van der Waals surface area contributed by atoms with E-state index in [9.17, 15) is 0 Å². The molecule has 0 unspecified atom stereocenters. The molecule has 0 radical (unpaired) electrons.